The van der Waals surface area contributed by atoms with Crippen LogP contribution in [0.25, 0.3) is 0 Å². The molecule has 2 saturated heterocycles. The summed E-state index contributed by atoms with van der Waals surface area (Å²) in [5.74, 6) is 0.0200. The number of hydrogen-bond donors (Lipinski definition) is 1. The molecule has 174 valence electrons. The van der Waals surface area contributed by atoms with Gasteiger partial charge >= 0.3 is 12.1 Å². The van der Waals surface area contributed by atoms with Crippen LogP contribution >= 0.6 is 0 Å². The van der Waals surface area contributed by atoms with Gasteiger partial charge in [0.05, 0.1) is 12.1 Å². The van der Waals surface area contributed by atoms with Gasteiger partial charge in [-0.3, -0.25) is 9.80 Å². The number of anilines is 1. The van der Waals surface area contributed by atoms with E-state index in [-0.39, 0.29) is 17.3 Å². The molecule has 5 rings (SSSR count). The van der Waals surface area contributed by atoms with E-state index in [1.165, 1.54) is 23.3 Å². The van der Waals surface area contributed by atoms with Crippen LogP contribution in [0.4, 0.5) is 10.5 Å². The van der Waals surface area contributed by atoms with E-state index in [0.29, 0.717) is 12.2 Å². The van der Waals surface area contributed by atoms with Crippen molar-refractivity contribution in [2.24, 2.45) is 0 Å². The van der Waals surface area contributed by atoms with Crippen molar-refractivity contribution in [2.45, 2.75) is 57.3 Å². The Morgan fingerprint density at radius 1 is 1.03 bits per heavy atom. The number of ether oxygens (including phenoxy) is 2. The highest BCUT2D eigenvalue weighted by Crippen LogP contribution is 2.37. The Hall–Kier alpha value is -3.06. The SMILES string of the molecule is CC1(C)CCc2cc(CN3CCC4(CC3)CN(c3ccc(C(=O)O)cc3)C(=O)O4)ccc2O1. The van der Waals surface area contributed by atoms with Crippen LogP contribution in [-0.4, -0.2) is 52.9 Å². The number of carboxylic acids is 1. The summed E-state index contributed by atoms with van der Waals surface area (Å²) in [6.07, 6.45) is 3.27. The number of fused-ring (bicyclic) bond motifs is 1. The lowest BCUT2D eigenvalue weighted by Gasteiger charge is -2.37. The summed E-state index contributed by atoms with van der Waals surface area (Å²) in [6.45, 7) is 7.36. The third-order valence-electron chi connectivity index (χ3n) is 7.08. The van der Waals surface area contributed by atoms with E-state index in [2.05, 4.69) is 36.9 Å². The number of carbonyl (C=O) groups excluding carboxylic acids is 1. The summed E-state index contributed by atoms with van der Waals surface area (Å²) in [5, 5.41) is 9.09. The highest BCUT2D eigenvalue weighted by atomic mass is 16.6. The highest BCUT2D eigenvalue weighted by Gasteiger charge is 2.47. The van der Waals surface area contributed by atoms with Crippen LogP contribution in [0.3, 0.4) is 0 Å². The Labute approximate surface area is 193 Å². The van der Waals surface area contributed by atoms with Gasteiger partial charge in [0.1, 0.15) is 17.0 Å². The molecule has 0 atom stereocenters. The first-order valence-corrected chi connectivity index (χ1v) is 11.6. The fourth-order valence-corrected chi connectivity index (χ4v) is 5.05. The molecule has 1 N–H and O–H groups in total. The topological polar surface area (TPSA) is 79.3 Å². The van der Waals surface area contributed by atoms with Crippen LogP contribution in [0, 0.1) is 0 Å². The van der Waals surface area contributed by atoms with Crippen LogP contribution in [0.2, 0.25) is 0 Å². The second-order valence-corrected chi connectivity index (χ2v) is 10.1. The smallest absolute Gasteiger partial charge is 0.415 e. The molecule has 3 aliphatic rings. The lowest BCUT2D eigenvalue weighted by Crippen LogP contribution is -2.46. The number of nitrogens with zero attached hydrogens (tertiary/aromatic N) is 2. The number of amides is 1. The number of rotatable bonds is 4. The summed E-state index contributed by atoms with van der Waals surface area (Å²) < 4.78 is 12.0. The maximum Gasteiger partial charge on any atom is 0.415 e. The van der Waals surface area contributed by atoms with Crippen molar-refractivity contribution >= 4 is 17.7 Å². The van der Waals surface area contributed by atoms with Gasteiger partial charge in [-0.1, -0.05) is 12.1 Å². The Bertz CT molecular complexity index is 1070. The van der Waals surface area contributed by atoms with Crippen molar-refractivity contribution in [2.75, 3.05) is 24.5 Å². The molecular weight excluding hydrogens is 420 g/mol. The molecule has 2 aromatic carbocycles. The minimum atomic E-state index is -0.982. The molecule has 0 aromatic heterocycles. The van der Waals surface area contributed by atoms with Crippen LogP contribution in [0.1, 0.15) is 54.6 Å². The summed E-state index contributed by atoms with van der Waals surface area (Å²) in [7, 11) is 0. The largest absolute Gasteiger partial charge is 0.488 e. The molecule has 1 amide bonds. The van der Waals surface area contributed by atoms with Gasteiger partial charge in [-0.05, 0) is 68.1 Å². The van der Waals surface area contributed by atoms with E-state index >= 15 is 0 Å². The number of hydrogen-bond acceptors (Lipinski definition) is 5. The van der Waals surface area contributed by atoms with Crippen LogP contribution in [0.5, 0.6) is 5.75 Å². The van der Waals surface area contributed by atoms with E-state index in [4.69, 9.17) is 14.6 Å². The van der Waals surface area contributed by atoms with Gasteiger partial charge in [-0.2, -0.15) is 0 Å². The molecular formula is C26H30N2O5. The first-order valence-electron chi connectivity index (χ1n) is 11.6. The van der Waals surface area contributed by atoms with Crippen molar-refractivity contribution in [1.82, 2.24) is 4.90 Å². The molecule has 0 radical (unpaired) electrons. The molecule has 0 unspecified atom stereocenters. The molecule has 2 aromatic rings. The van der Waals surface area contributed by atoms with Gasteiger partial charge < -0.3 is 14.6 Å². The molecule has 3 aliphatic heterocycles. The van der Waals surface area contributed by atoms with E-state index in [1.807, 2.05) is 0 Å². The van der Waals surface area contributed by atoms with Crippen molar-refractivity contribution in [1.29, 1.82) is 0 Å². The lowest BCUT2D eigenvalue weighted by atomic mass is 9.90. The van der Waals surface area contributed by atoms with Crippen molar-refractivity contribution in [3.05, 3.63) is 59.2 Å². The van der Waals surface area contributed by atoms with Gasteiger partial charge in [0, 0.05) is 38.2 Å². The Morgan fingerprint density at radius 2 is 1.76 bits per heavy atom. The van der Waals surface area contributed by atoms with Crippen LogP contribution in [0.15, 0.2) is 42.5 Å². The Balaban J connectivity index is 1.20. The Morgan fingerprint density at radius 3 is 2.45 bits per heavy atom. The quantitative estimate of drug-likeness (QED) is 0.740. The van der Waals surface area contributed by atoms with Crippen molar-refractivity contribution < 1.29 is 24.2 Å². The predicted octanol–water partition coefficient (Wildman–Crippen LogP) is 4.48. The molecule has 0 bridgehead atoms. The minimum absolute atomic E-state index is 0.0966. The maximum atomic E-state index is 12.6. The second-order valence-electron chi connectivity index (χ2n) is 10.1. The zero-order valence-corrected chi connectivity index (χ0v) is 19.2. The summed E-state index contributed by atoms with van der Waals surface area (Å²) in [6, 6.07) is 12.9. The monoisotopic (exact) mass is 450 g/mol. The third-order valence-corrected chi connectivity index (χ3v) is 7.08. The van der Waals surface area contributed by atoms with E-state index in [1.54, 1.807) is 17.0 Å². The third kappa shape index (κ3) is 4.42. The van der Waals surface area contributed by atoms with Crippen molar-refractivity contribution in [3.63, 3.8) is 0 Å². The first kappa shape index (κ1) is 21.8. The molecule has 1 spiro atoms. The van der Waals surface area contributed by atoms with Crippen molar-refractivity contribution in [3.8, 4) is 5.75 Å². The minimum Gasteiger partial charge on any atom is -0.488 e. The fraction of sp³-hybridized carbons (Fsp3) is 0.462. The molecule has 3 heterocycles. The first-order chi connectivity index (χ1) is 15.7. The second kappa shape index (κ2) is 8.06. The van der Waals surface area contributed by atoms with Gasteiger partial charge in [0.15, 0.2) is 0 Å². The van der Waals surface area contributed by atoms with E-state index < -0.39 is 11.6 Å². The molecule has 2 fully saturated rings. The van der Waals surface area contributed by atoms with Gasteiger partial charge in [-0.25, -0.2) is 9.59 Å². The molecule has 7 nitrogen and oxygen atoms in total. The number of aryl methyl sites for hydroxylation is 1. The number of benzene rings is 2. The molecule has 0 saturated carbocycles. The fourth-order valence-electron chi connectivity index (χ4n) is 5.05. The van der Waals surface area contributed by atoms with Gasteiger partial charge in [0.2, 0.25) is 0 Å². The Kier molecular flexibility index (Phi) is 5.32. The average molecular weight is 451 g/mol. The average Bonchev–Trinajstić information content (AvgIpc) is 3.11. The van der Waals surface area contributed by atoms with E-state index in [0.717, 1.165) is 51.1 Å². The summed E-state index contributed by atoms with van der Waals surface area (Å²) in [5.41, 5.74) is 2.87. The molecule has 0 aliphatic carbocycles. The normalized spacial score (nSPS) is 21.4. The zero-order valence-electron chi connectivity index (χ0n) is 19.2. The number of carbonyl (C=O) groups is 2. The number of carboxylic acid groups (broad SMARTS) is 1. The molecule has 33 heavy (non-hydrogen) atoms. The van der Waals surface area contributed by atoms with Crippen LogP contribution < -0.4 is 9.64 Å². The van der Waals surface area contributed by atoms with Gasteiger partial charge in [-0.15, -0.1) is 0 Å². The highest BCUT2D eigenvalue weighted by molar-refractivity contribution is 5.92. The molecule has 7 heteroatoms. The summed E-state index contributed by atoms with van der Waals surface area (Å²) in [4.78, 5) is 27.7. The van der Waals surface area contributed by atoms with Gasteiger partial charge in [0.25, 0.3) is 0 Å². The van der Waals surface area contributed by atoms with Crippen LogP contribution in [-0.2, 0) is 17.7 Å². The number of piperidine rings is 1. The lowest BCUT2D eigenvalue weighted by molar-refractivity contribution is -0.000991. The predicted molar refractivity (Wildman–Crippen MR) is 124 cm³/mol. The number of likely N-dealkylation sites (tertiary alicyclic amines) is 1. The maximum absolute atomic E-state index is 12.6. The summed E-state index contributed by atoms with van der Waals surface area (Å²) >= 11 is 0. The zero-order chi connectivity index (χ0) is 23.2. The van der Waals surface area contributed by atoms with E-state index in [9.17, 15) is 9.59 Å². The number of aromatic carboxylic acids is 1. The standard InChI is InChI=1S/C26H30N2O5/c1-25(2)10-9-20-15-18(3-8-22(20)32-25)16-27-13-11-26(12-14-27)17-28(24(31)33-26)21-6-4-19(5-7-21)23(29)30/h3-8,15H,9-14,16-17H2,1-2H3,(H,29,30).